The van der Waals surface area contributed by atoms with E-state index >= 15 is 0 Å². The van der Waals surface area contributed by atoms with Gasteiger partial charge in [0.15, 0.2) is 0 Å². The number of carboxylic acid groups (broad SMARTS) is 1. The Kier molecular flexibility index (Phi) is 3.60. The number of fused-ring (bicyclic) bond motifs is 1. The molecule has 1 aromatic heterocycles. The van der Waals surface area contributed by atoms with E-state index in [4.69, 9.17) is 0 Å². The van der Waals surface area contributed by atoms with E-state index < -0.39 is 11.4 Å². The summed E-state index contributed by atoms with van der Waals surface area (Å²) in [5.41, 5.74) is 1.25. The van der Waals surface area contributed by atoms with Gasteiger partial charge in [0.2, 0.25) is 0 Å². The van der Waals surface area contributed by atoms with Gasteiger partial charge in [0.1, 0.15) is 5.82 Å². The molecule has 0 saturated heterocycles. The maximum atomic E-state index is 11.6. The van der Waals surface area contributed by atoms with Crippen LogP contribution in [0.1, 0.15) is 32.5 Å². The van der Waals surface area contributed by atoms with Crippen LogP contribution < -0.4 is 0 Å². The summed E-state index contributed by atoms with van der Waals surface area (Å²) < 4.78 is 2.00. The van der Waals surface area contributed by atoms with Crippen molar-refractivity contribution in [3.63, 3.8) is 0 Å². The fourth-order valence-electron chi connectivity index (χ4n) is 2.53. The van der Waals surface area contributed by atoms with Crippen LogP contribution in [0.25, 0.3) is 11.0 Å². The number of aryl methyl sites for hydroxylation is 1. The predicted molar refractivity (Wildman–Crippen MR) is 75.1 cm³/mol. The number of carboxylic acids is 1. The summed E-state index contributed by atoms with van der Waals surface area (Å²) >= 11 is 0. The van der Waals surface area contributed by atoms with Crippen molar-refractivity contribution in [2.45, 2.75) is 33.1 Å². The van der Waals surface area contributed by atoms with Gasteiger partial charge in [-0.05, 0) is 25.0 Å². The summed E-state index contributed by atoms with van der Waals surface area (Å²) in [6, 6.07) is 7.88. The van der Waals surface area contributed by atoms with Crippen LogP contribution in [0, 0.1) is 5.41 Å². The Morgan fingerprint density at radius 3 is 2.47 bits per heavy atom. The fourth-order valence-corrected chi connectivity index (χ4v) is 2.53. The molecule has 1 heterocycles. The number of aliphatic carboxylic acids is 1. The van der Waals surface area contributed by atoms with Crippen LogP contribution in [-0.4, -0.2) is 20.6 Å². The smallest absolute Gasteiger partial charge is 0.310 e. The minimum atomic E-state index is -0.732. The van der Waals surface area contributed by atoms with Crippen molar-refractivity contribution in [1.82, 2.24) is 9.55 Å². The van der Waals surface area contributed by atoms with Gasteiger partial charge in [-0.15, -0.1) is 0 Å². The summed E-state index contributed by atoms with van der Waals surface area (Å²) in [4.78, 5) is 16.2. The highest BCUT2D eigenvalue weighted by Crippen LogP contribution is 2.31. The zero-order valence-corrected chi connectivity index (χ0v) is 11.7. The van der Waals surface area contributed by atoms with E-state index in [1.54, 1.807) is 0 Å². The van der Waals surface area contributed by atoms with Gasteiger partial charge in [-0.1, -0.05) is 26.0 Å². The number of rotatable bonds is 5. The topological polar surface area (TPSA) is 55.1 Å². The molecule has 0 aliphatic heterocycles. The lowest BCUT2D eigenvalue weighted by atomic mass is 9.79. The van der Waals surface area contributed by atoms with Gasteiger partial charge in [0.05, 0.1) is 16.4 Å². The molecule has 1 aromatic carbocycles. The van der Waals surface area contributed by atoms with Crippen molar-refractivity contribution in [3.05, 3.63) is 30.1 Å². The number of imidazole rings is 1. The van der Waals surface area contributed by atoms with Crippen molar-refractivity contribution < 1.29 is 9.90 Å². The van der Waals surface area contributed by atoms with Crippen LogP contribution in [0.2, 0.25) is 0 Å². The molecule has 102 valence electrons. The third-order valence-electron chi connectivity index (χ3n) is 4.18. The number of para-hydroxylation sites is 2. The number of nitrogens with zero attached hydrogens (tertiary/aromatic N) is 2. The lowest BCUT2D eigenvalue weighted by Gasteiger charge is -2.26. The molecule has 19 heavy (non-hydrogen) atoms. The molecule has 4 heteroatoms. The predicted octanol–water partition coefficient (Wildman–Crippen LogP) is 3.01. The lowest BCUT2D eigenvalue weighted by molar-refractivity contribution is -0.149. The molecular formula is C15H20N2O2. The quantitative estimate of drug-likeness (QED) is 0.899. The molecule has 0 radical (unpaired) electrons. The fraction of sp³-hybridized carbons (Fsp3) is 0.467. The lowest BCUT2D eigenvalue weighted by Crippen LogP contribution is -2.33. The molecule has 0 atom stereocenters. The van der Waals surface area contributed by atoms with Crippen molar-refractivity contribution >= 4 is 17.0 Å². The number of hydrogen-bond acceptors (Lipinski definition) is 2. The minimum absolute atomic E-state index is 0.473. The average molecular weight is 260 g/mol. The first-order valence-electron chi connectivity index (χ1n) is 6.68. The zero-order chi connectivity index (χ0) is 14.0. The Balaban J connectivity index is 2.45. The Bertz CT molecular complexity index is 597. The molecule has 0 saturated carbocycles. The van der Waals surface area contributed by atoms with Gasteiger partial charge in [0.25, 0.3) is 0 Å². The van der Waals surface area contributed by atoms with Crippen LogP contribution in [0.3, 0.4) is 0 Å². The second kappa shape index (κ2) is 5.03. The molecule has 0 fully saturated rings. The Morgan fingerprint density at radius 1 is 1.32 bits per heavy atom. The standard InChI is InChI=1S/C15H20N2O2/c1-4-15(5-2,14(18)19)10-13-16-11-8-6-7-9-12(11)17(13)3/h6-9H,4-5,10H2,1-3H3,(H,18,19). The third-order valence-corrected chi connectivity index (χ3v) is 4.18. The summed E-state index contributed by atoms with van der Waals surface area (Å²) in [7, 11) is 1.95. The first kappa shape index (κ1) is 13.6. The van der Waals surface area contributed by atoms with Crippen LogP contribution in [0.4, 0.5) is 0 Å². The van der Waals surface area contributed by atoms with Gasteiger partial charge >= 0.3 is 5.97 Å². The highest BCUT2D eigenvalue weighted by Gasteiger charge is 2.36. The van der Waals surface area contributed by atoms with Gasteiger partial charge < -0.3 is 9.67 Å². The maximum absolute atomic E-state index is 11.6. The second-order valence-electron chi connectivity index (χ2n) is 5.05. The van der Waals surface area contributed by atoms with Crippen LogP contribution >= 0.6 is 0 Å². The normalized spacial score (nSPS) is 11.9. The van der Waals surface area contributed by atoms with E-state index in [2.05, 4.69) is 4.98 Å². The van der Waals surface area contributed by atoms with Gasteiger partial charge in [-0.2, -0.15) is 0 Å². The molecule has 2 rings (SSSR count). The SMILES string of the molecule is CCC(CC)(Cc1nc2ccccc2n1C)C(=O)O. The van der Waals surface area contributed by atoms with E-state index in [0.29, 0.717) is 19.3 Å². The number of hydrogen-bond donors (Lipinski definition) is 1. The Hall–Kier alpha value is -1.84. The molecule has 0 aliphatic rings. The summed E-state index contributed by atoms with van der Waals surface area (Å²) in [6.45, 7) is 3.86. The first-order valence-corrected chi connectivity index (χ1v) is 6.68. The van der Waals surface area contributed by atoms with Crippen LogP contribution in [0.15, 0.2) is 24.3 Å². The average Bonchev–Trinajstić information content (AvgIpc) is 2.73. The molecule has 1 N–H and O–H groups in total. The molecule has 2 aromatic rings. The van der Waals surface area contributed by atoms with Crippen LogP contribution in [-0.2, 0) is 18.3 Å². The molecule has 0 amide bonds. The van der Waals surface area contributed by atoms with E-state index in [0.717, 1.165) is 16.9 Å². The van der Waals surface area contributed by atoms with Crippen molar-refractivity contribution in [1.29, 1.82) is 0 Å². The Labute approximate surface area is 113 Å². The van der Waals surface area contributed by atoms with Crippen molar-refractivity contribution in [2.24, 2.45) is 12.5 Å². The molecule has 4 nitrogen and oxygen atoms in total. The zero-order valence-electron chi connectivity index (χ0n) is 11.7. The molecule has 0 spiro atoms. The highest BCUT2D eigenvalue weighted by atomic mass is 16.4. The molecule has 0 bridgehead atoms. The van der Waals surface area contributed by atoms with Crippen molar-refractivity contribution in [2.75, 3.05) is 0 Å². The van der Waals surface area contributed by atoms with Gasteiger partial charge in [-0.3, -0.25) is 4.79 Å². The largest absolute Gasteiger partial charge is 0.481 e. The monoisotopic (exact) mass is 260 g/mol. The van der Waals surface area contributed by atoms with E-state index in [9.17, 15) is 9.90 Å². The first-order chi connectivity index (χ1) is 9.04. The van der Waals surface area contributed by atoms with Crippen LogP contribution in [0.5, 0.6) is 0 Å². The molecular weight excluding hydrogens is 240 g/mol. The third kappa shape index (κ3) is 2.23. The molecule has 0 unspecified atom stereocenters. The summed E-state index contributed by atoms with van der Waals surface area (Å²) in [5.74, 6) is 0.108. The van der Waals surface area contributed by atoms with E-state index in [1.165, 1.54) is 0 Å². The van der Waals surface area contributed by atoms with Crippen molar-refractivity contribution in [3.8, 4) is 0 Å². The number of benzene rings is 1. The van der Waals surface area contributed by atoms with E-state index in [-0.39, 0.29) is 0 Å². The van der Waals surface area contributed by atoms with E-state index in [1.807, 2.05) is 49.7 Å². The maximum Gasteiger partial charge on any atom is 0.310 e. The summed E-state index contributed by atoms with van der Waals surface area (Å²) in [6.07, 6.45) is 1.70. The number of aromatic nitrogens is 2. The Morgan fingerprint density at radius 2 is 1.95 bits per heavy atom. The minimum Gasteiger partial charge on any atom is -0.481 e. The number of carbonyl (C=O) groups is 1. The highest BCUT2D eigenvalue weighted by molar-refractivity contribution is 5.77. The second-order valence-corrected chi connectivity index (χ2v) is 5.05. The molecule has 0 aliphatic carbocycles. The van der Waals surface area contributed by atoms with Gasteiger partial charge in [0, 0.05) is 13.5 Å². The van der Waals surface area contributed by atoms with Gasteiger partial charge in [-0.25, -0.2) is 4.98 Å². The summed E-state index contributed by atoms with van der Waals surface area (Å²) in [5, 5.41) is 9.51.